The summed E-state index contributed by atoms with van der Waals surface area (Å²) in [5, 5.41) is 9.26. The average Bonchev–Trinajstić information content (AvgIpc) is 3.15. The van der Waals surface area contributed by atoms with Gasteiger partial charge in [0.05, 0.1) is 19.8 Å². The fourth-order valence-corrected chi connectivity index (χ4v) is 4.55. The molecular formula is C17H30N2O3. The van der Waals surface area contributed by atoms with E-state index in [1.165, 1.54) is 25.7 Å². The fraction of sp³-hybridized carbons (Fsp3) is 0.941. The molecule has 5 nitrogen and oxygen atoms in total. The van der Waals surface area contributed by atoms with Crippen molar-refractivity contribution in [1.82, 2.24) is 9.80 Å². The number of morpholine rings is 1. The zero-order valence-electron chi connectivity index (χ0n) is 13.6. The Hall–Kier alpha value is -0.650. The summed E-state index contributed by atoms with van der Waals surface area (Å²) in [7, 11) is 0. The number of rotatable bonds is 7. The highest BCUT2D eigenvalue weighted by Crippen LogP contribution is 2.49. The number of carbonyl (C=O) groups excluding carboxylic acids is 1. The summed E-state index contributed by atoms with van der Waals surface area (Å²) >= 11 is 0. The molecule has 2 saturated carbocycles. The monoisotopic (exact) mass is 310 g/mol. The third-order valence-electron chi connectivity index (χ3n) is 5.83. The van der Waals surface area contributed by atoms with Gasteiger partial charge in [0.1, 0.15) is 0 Å². The third-order valence-corrected chi connectivity index (χ3v) is 5.83. The van der Waals surface area contributed by atoms with Crippen molar-refractivity contribution in [2.75, 3.05) is 52.5 Å². The number of aliphatic hydroxyl groups excluding tert-OH is 1. The molecule has 1 amide bonds. The van der Waals surface area contributed by atoms with Crippen molar-refractivity contribution >= 4 is 5.91 Å². The highest BCUT2D eigenvalue weighted by molar-refractivity contribution is 5.76. The second-order valence-corrected chi connectivity index (χ2v) is 7.20. The number of fused-ring (bicyclic) bond motifs is 2. The van der Waals surface area contributed by atoms with E-state index in [0.29, 0.717) is 18.9 Å². The maximum atomic E-state index is 12.6. The van der Waals surface area contributed by atoms with Gasteiger partial charge < -0.3 is 14.7 Å². The van der Waals surface area contributed by atoms with Crippen molar-refractivity contribution in [3.8, 4) is 0 Å². The van der Waals surface area contributed by atoms with Gasteiger partial charge in [0.15, 0.2) is 0 Å². The predicted octanol–water partition coefficient (Wildman–Crippen LogP) is 0.966. The van der Waals surface area contributed by atoms with Gasteiger partial charge in [-0.15, -0.1) is 0 Å². The van der Waals surface area contributed by atoms with Crippen LogP contribution in [0.15, 0.2) is 0 Å². The second-order valence-electron chi connectivity index (χ2n) is 7.20. The first kappa shape index (κ1) is 16.2. The summed E-state index contributed by atoms with van der Waals surface area (Å²) in [5.74, 6) is 2.54. The van der Waals surface area contributed by atoms with Crippen LogP contribution in [-0.4, -0.2) is 73.4 Å². The van der Waals surface area contributed by atoms with Gasteiger partial charge in [-0.3, -0.25) is 9.69 Å². The van der Waals surface area contributed by atoms with Crippen LogP contribution in [0.1, 0.15) is 32.1 Å². The molecule has 2 bridgehead atoms. The Bertz CT molecular complexity index is 371. The molecule has 3 aliphatic rings. The number of ether oxygens (including phenoxy) is 1. The summed E-state index contributed by atoms with van der Waals surface area (Å²) in [5.41, 5.74) is 0. The van der Waals surface area contributed by atoms with Gasteiger partial charge in [-0.2, -0.15) is 0 Å². The molecule has 1 saturated heterocycles. The highest BCUT2D eigenvalue weighted by atomic mass is 16.5. The minimum atomic E-state index is 0.0611. The lowest BCUT2D eigenvalue weighted by molar-refractivity contribution is -0.133. The maximum absolute atomic E-state index is 12.6. The normalized spacial score (nSPS) is 31.6. The van der Waals surface area contributed by atoms with Crippen LogP contribution in [0.3, 0.4) is 0 Å². The molecule has 3 rings (SSSR count). The molecular weight excluding hydrogens is 280 g/mol. The first-order valence-electron chi connectivity index (χ1n) is 8.95. The van der Waals surface area contributed by atoms with E-state index in [2.05, 4.69) is 4.90 Å². The molecule has 0 aromatic rings. The smallest absolute Gasteiger partial charge is 0.222 e. The van der Waals surface area contributed by atoms with Crippen molar-refractivity contribution in [2.24, 2.45) is 17.8 Å². The quantitative estimate of drug-likeness (QED) is 0.761. The molecule has 5 heteroatoms. The summed E-state index contributed by atoms with van der Waals surface area (Å²) in [6.45, 7) is 5.65. The Labute approximate surface area is 133 Å². The van der Waals surface area contributed by atoms with Gasteiger partial charge in [-0.05, 0) is 37.0 Å². The number of aliphatic hydroxyl groups is 1. The number of amides is 1. The molecule has 0 aromatic carbocycles. The molecule has 22 heavy (non-hydrogen) atoms. The standard InChI is InChI=1S/C17H30N2O3/c20-8-5-19(4-3-18-6-9-22-10-7-18)17(21)13-16-12-14-1-2-15(16)11-14/h14-16,20H,1-13H2. The van der Waals surface area contributed by atoms with Gasteiger partial charge in [-0.1, -0.05) is 6.42 Å². The van der Waals surface area contributed by atoms with Gasteiger partial charge in [0.25, 0.3) is 0 Å². The van der Waals surface area contributed by atoms with E-state index >= 15 is 0 Å². The van der Waals surface area contributed by atoms with E-state index in [4.69, 9.17) is 4.74 Å². The van der Waals surface area contributed by atoms with Crippen LogP contribution < -0.4 is 0 Å². The van der Waals surface area contributed by atoms with E-state index in [1.807, 2.05) is 4.90 Å². The zero-order valence-corrected chi connectivity index (χ0v) is 13.6. The Kier molecular flexibility index (Phi) is 5.71. The number of nitrogens with zero attached hydrogens (tertiary/aromatic N) is 2. The SMILES string of the molecule is O=C(CC1CC2CCC1C2)N(CCO)CCN1CCOCC1. The van der Waals surface area contributed by atoms with E-state index in [1.54, 1.807) is 0 Å². The summed E-state index contributed by atoms with van der Waals surface area (Å²) in [6, 6.07) is 0. The van der Waals surface area contributed by atoms with Gasteiger partial charge in [0.2, 0.25) is 5.91 Å². The van der Waals surface area contributed by atoms with Crippen molar-refractivity contribution in [3.05, 3.63) is 0 Å². The molecule has 1 heterocycles. The lowest BCUT2D eigenvalue weighted by Crippen LogP contribution is -2.44. The molecule has 0 aromatic heterocycles. The van der Waals surface area contributed by atoms with Crippen LogP contribution in [0.5, 0.6) is 0 Å². The van der Waals surface area contributed by atoms with E-state index in [9.17, 15) is 9.90 Å². The highest BCUT2D eigenvalue weighted by Gasteiger charge is 2.40. The number of hydrogen-bond acceptors (Lipinski definition) is 4. The fourth-order valence-electron chi connectivity index (χ4n) is 4.55. The van der Waals surface area contributed by atoms with E-state index in [-0.39, 0.29) is 12.5 Å². The molecule has 3 fully saturated rings. The van der Waals surface area contributed by atoms with E-state index < -0.39 is 0 Å². The molecule has 126 valence electrons. The van der Waals surface area contributed by atoms with Crippen LogP contribution in [0, 0.1) is 17.8 Å². The van der Waals surface area contributed by atoms with Crippen LogP contribution in [0.25, 0.3) is 0 Å². The lowest BCUT2D eigenvalue weighted by atomic mass is 9.86. The second kappa shape index (κ2) is 7.75. The Morgan fingerprint density at radius 3 is 2.64 bits per heavy atom. The summed E-state index contributed by atoms with van der Waals surface area (Å²) < 4.78 is 5.36. The summed E-state index contributed by atoms with van der Waals surface area (Å²) in [4.78, 5) is 16.8. The molecule has 3 unspecified atom stereocenters. The molecule has 1 N–H and O–H groups in total. The van der Waals surface area contributed by atoms with Crippen LogP contribution in [0.4, 0.5) is 0 Å². The average molecular weight is 310 g/mol. The molecule has 1 aliphatic heterocycles. The van der Waals surface area contributed by atoms with Gasteiger partial charge in [-0.25, -0.2) is 0 Å². The first-order valence-corrected chi connectivity index (χ1v) is 8.95. The number of carbonyl (C=O) groups is 1. The lowest BCUT2D eigenvalue weighted by Gasteiger charge is -2.31. The topological polar surface area (TPSA) is 53.0 Å². The van der Waals surface area contributed by atoms with Gasteiger partial charge in [0, 0.05) is 39.1 Å². The molecule has 2 aliphatic carbocycles. The number of hydrogen-bond donors (Lipinski definition) is 1. The predicted molar refractivity (Wildman–Crippen MR) is 84.5 cm³/mol. The maximum Gasteiger partial charge on any atom is 0.222 e. The Morgan fingerprint density at radius 2 is 2.00 bits per heavy atom. The first-order chi connectivity index (χ1) is 10.8. The van der Waals surface area contributed by atoms with Crippen LogP contribution in [0.2, 0.25) is 0 Å². The van der Waals surface area contributed by atoms with Crippen LogP contribution >= 0.6 is 0 Å². The zero-order chi connectivity index (χ0) is 15.4. The minimum Gasteiger partial charge on any atom is -0.395 e. The van der Waals surface area contributed by atoms with E-state index in [0.717, 1.165) is 51.2 Å². The summed E-state index contributed by atoms with van der Waals surface area (Å²) in [6.07, 6.45) is 6.02. The minimum absolute atomic E-state index is 0.0611. The van der Waals surface area contributed by atoms with Crippen molar-refractivity contribution in [1.29, 1.82) is 0 Å². The molecule has 0 spiro atoms. The Balaban J connectivity index is 1.45. The van der Waals surface area contributed by atoms with Crippen molar-refractivity contribution in [3.63, 3.8) is 0 Å². The molecule has 3 atom stereocenters. The Morgan fingerprint density at radius 1 is 1.18 bits per heavy atom. The molecule has 0 radical (unpaired) electrons. The largest absolute Gasteiger partial charge is 0.395 e. The van der Waals surface area contributed by atoms with Gasteiger partial charge >= 0.3 is 0 Å². The van der Waals surface area contributed by atoms with Crippen molar-refractivity contribution < 1.29 is 14.6 Å². The third kappa shape index (κ3) is 4.00. The van der Waals surface area contributed by atoms with Crippen molar-refractivity contribution in [2.45, 2.75) is 32.1 Å². The van der Waals surface area contributed by atoms with Crippen LogP contribution in [-0.2, 0) is 9.53 Å².